The predicted molar refractivity (Wildman–Crippen MR) is 80.6 cm³/mol. The van der Waals surface area contributed by atoms with Gasteiger partial charge < -0.3 is 10.2 Å². The predicted octanol–water partition coefficient (Wildman–Crippen LogP) is 1.74. The lowest BCUT2D eigenvalue weighted by molar-refractivity contribution is -0.150. The zero-order chi connectivity index (χ0) is 14.8. The molecule has 4 heteroatoms. The fourth-order valence-corrected chi connectivity index (χ4v) is 3.10. The fraction of sp³-hybridized carbons (Fsp3) is 0.529. The third-order valence-corrected chi connectivity index (χ3v) is 4.49. The zero-order valence-electron chi connectivity index (χ0n) is 12.4. The largest absolute Gasteiger partial charge is 0.342 e. The monoisotopic (exact) mass is 286 g/mol. The maximum atomic E-state index is 12.7. The molecule has 1 aromatic rings. The molecule has 2 amide bonds. The number of carbonyl (C=O) groups excluding carboxylic acids is 2. The van der Waals surface area contributed by atoms with Gasteiger partial charge in [-0.1, -0.05) is 37.3 Å². The van der Waals surface area contributed by atoms with Gasteiger partial charge in [-0.3, -0.25) is 9.59 Å². The number of hydrogen-bond donors (Lipinski definition) is 1. The lowest BCUT2D eigenvalue weighted by atomic mass is 10.0. The molecule has 0 aromatic heterocycles. The molecule has 0 bridgehead atoms. The van der Waals surface area contributed by atoms with Crippen LogP contribution in [0.3, 0.4) is 0 Å². The lowest BCUT2D eigenvalue weighted by Crippen LogP contribution is -2.64. The van der Waals surface area contributed by atoms with Crippen LogP contribution in [0.2, 0.25) is 0 Å². The SMILES string of the molecule is CCC1C(=O)NC(C2CC2)C(=O)N1CCc1ccccc1. The Balaban J connectivity index is 1.72. The van der Waals surface area contributed by atoms with Gasteiger partial charge in [0.25, 0.3) is 0 Å². The van der Waals surface area contributed by atoms with Crippen molar-refractivity contribution in [2.75, 3.05) is 6.54 Å². The third-order valence-electron chi connectivity index (χ3n) is 4.49. The number of rotatable bonds is 5. The van der Waals surface area contributed by atoms with Crippen molar-refractivity contribution in [1.82, 2.24) is 10.2 Å². The molecule has 2 unspecified atom stereocenters. The number of hydrogen-bond acceptors (Lipinski definition) is 2. The maximum Gasteiger partial charge on any atom is 0.246 e. The first-order valence-electron chi connectivity index (χ1n) is 7.85. The smallest absolute Gasteiger partial charge is 0.246 e. The average molecular weight is 286 g/mol. The molecule has 2 aliphatic rings. The van der Waals surface area contributed by atoms with Crippen molar-refractivity contribution < 1.29 is 9.59 Å². The van der Waals surface area contributed by atoms with Gasteiger partial charge in [0, 0.05) is 6.54 Å². The molecule has 4 nitrogen and oxygen atoms in total. The van der Waals surface area contributed by atoms with E-state index in [9.17, 15) is 9.59 Å². The first kappa shape index (κ1) is 14.1. The third kappa shape index (κ3) is 2.94. The van der Waals surface area contributed by atoms with Crippen molar-refractivity contribution in [1.29, 1.82) is 0 Å². The molecule has 0 radical (unpaired) electrons. The van der Waals surface area contributed by atoms with Crippen LogP contribution in [0.15, 0.2) is 30.3 Å². The van der Waals surface area contributed by atoms with E-state index in [1.807, 2.05) is 25.1 Å². The molecule has 1 saturated carbocycles. The van der Waals surface area contributed by atoms with Gasteiger partial charge in [0.15, 0.2) is 0 Å². The van der Waals surface area contributed by atoms with Gasteiger partial charge in [0.1, 0.15) is 12.1 Å². The lowest BCUT2D eigenvalue weighted by Gasteiger charge is -2.39. The summed E-state index contributed by atoms with van der Waals surface area (Å²) >= 11 is 0. The van der Waals surface area contributed by atoms with Gasteiger partial charge in [0.05, 0.1) is 0 Å². The summed E-state index contributed by atoms with van der Waals surface area (Å²) in [6.07, 6.45) is 3.58. The Hall–Kier alpha value is -1.84. The van der Waals surface area contributed by atoms with Gasteiger partial charge in [0.2, 0.25) is 11.8 Å². The number of piperazine rings is 1. The zero-order valence-corrected chi connectivity index (χ0v) is 12.4. The molecule has 21 heavy (non-hydrogen) atoms. The van der Waals surface area contributed by atoms with E-state index in [4.69, 9.17) is 0 Å². The number of benzene rings is 1. The summed E-state index contributed by atoms with van der Waals surface area (Å²) < 4.78 is 0. The van der Waals surface area contributed by atoms with E-state index < -0.39 is 0 Å². The minimum absolute atomic E-state index is 0.0158. The molecule has 1 saturated heterocycles. The van der Waals surface area contributed by atoms with Gasteiger partial charge in [-0.05, 0) is 37.2 Å². The van der Waals surface area contributed by atoms with Crippen LogP contribution in [0.25, 0.3) is 0 Å². The second-order valence-electron chi connectivity index (χ2n) is 6.01. The van der Waals surface area contributed by atoms with Crippen LogP contribution >= 0.6 is 0 Å². The van der Waals surface area contributed by atoms with Gasteiger partial charge in [-0.2, -0.15) is 0 Å². The van der Waals surface area contributed by atoms with E-state index >= 15 is 0 Å². The first-order chi connectivity index (χ1) is 10.2. The number of amides is 2. The summed E-state index contributed by atoms with van der Waals surface area (Å²) in [6, 6.07) is 9.53. The number of nitrogens with one attached hydrogen (secondary N) is 1. The molecule has 1 aliphatic carbocycles. The van der Waals surface area contributed by atoms with Crippen molar-refractivity contribution in [3.05, 3.63) is 35.9 Å². The topological polar surface area (TPSA) is 49.4 Å². The summed E-state index contributed by atoms with van der Waals surface area (Å²) in [6.45, 7) is 2.59. The highest BCUT2D eigenvalue weighted by Gasteiger charge is 2.45. The molecule has 2 fully saturated rings. The van der Waals surface area contributed by atoms with E-state index in [-0.39, 0.29) is 23.9 Å². The summed E-state index contributed by atoms with van der Waals surface area (Å²) in [7, 11) is 0. The number of nitrogens with zero attached hydrogens (tertiary/aromatic N) is 1. The van der Waals surface area contributed by atoms with E-state index in [1.54, 1.807) is 4.90 Å². The van der Waals surface area contributed by atoms with Gasteiger partial charge in [-0.25, -0.2) is 0 Å². The van der Waals surface area contributed by atoms with E-state index in [0.29, 0.717) is 18.9 Å². The first-order valence-corrected chi connectivity index (χ1v) is 7.85. The normalized spacial score (nSPS) is 25.9. The Bertz CT molecular complexity index is 525. The van der Waals surface area contributed by atoms with Crippen LogP contribution in [-0.4, -0.2) is 35.3 Å². The van der Waals surface area contributed by atoms with Crippen LogP contribution < -0.4 is 5.32 Å². The Labute approximate surface area is 125 Å². The Morgan fingerprint density at radius 2 is 1.90 bits per heavy atom. The summed E-state index contributed by atoms with van der Waals surface area (Å²) in [5.74, 6) is 0.487. The standard InChI is InChI=1S/C17H22N2O2/c1-2-14-16(20)18-15(13-8-9-13)17(21)19(14)11-10-12-6-4-3-5-7-12/h3-7,13-15H,2,8-11H2,1H3,(H,18,20). The summed E-state index contributed by atoms with van der Waals surface area (Å²) in [5.41, 5.74) is 1.20. The van der Waals surface area contributed by atoms with Crippen LogP contribution in [0.1, 0.15) is 31.7 Å². The van der Waals surface area contributed by atoms with Gasteiger partial charge >= 0.3 is 0 Å². The minimum atomic E-state index is -0.309. The fourth-order valence-electron chi connectivity index (χ4n) is 3.10. The molecule has 1 heterocycles. The van der Waals surface area contributed by atoms with Crippen molar-refractivity contribution in [3.8, 4) is 0 Å². The minimum Gasteiger partial charge on any atom is -0.342 e. The Morgan fingerprint density at radius 3 is 2.52 bits per heavy atom. The van der Waals surface area contributed by atoms with Crippen LogP contribution in [0, 0.1) is 5.92 Å². The molecule has 1 aromatic carbocycles. The van der Waals surface area contributed by atoms with Crippen LogP contribution in [0.5, 0.6) is 0 Å². The quantitative estimate of drug-likeness (QED) is 0.896. The highest BCUT2D eigenvalue weighted by molar-refractivity contribution is 5.97. The van der Waals surface area contributed by atoms with Crippen molar-refractivity contribution in [3.63, 3.8) is 0 Å². The molecule has 1 N–H and O–H groups in total. The summed E-state index contributed by atoms with van der Waals surface area (Å²) in [4.78, 5) is 26.7. The van der Waals surface area contributed by atoms with Gasteiger partial charge in [-0.15, -0.1) is 0 Å². The maximum absolute atomic E-state index is 12.7. The van der Waals surface area contributed by atoms with Crippen LogP contribution in [0.4, 0.5) is 0 Å². The van der Waals surface area contributed by atoms with E-state index in [0.717, 1.165) is 19.3 Å². The molecule has 112 valence electrons. The number of carbonyl (C=O) groups is 2. The second-order valence-corrected chi connectivity index (χ2v) is 6.01. The molecule has 3 rings (SSSR count). The molecular weight excluding hydrogens is 264 g/mol. The second kappa shape index (κ2) is 5.88. The Kier molecular flexibility index (Phi) is 3.95. The van der Waals surface area contributed by atoms with E-state index in [2.05, 4.69) is 17.4 Å². The Morgan fingerprint density at radius 1 is 1.19 bits per heavy atom. The average Bonchev–Trinajstić information content (AvgIpc) is 3.33. The molecule has 0 spiro atoms. The van der Waals surface area contributed by atoms with Crippen molar-refractivity contribution >= 4 is 11.8 Å². The van der Waals surface area contributed by atoms with Crippen molar-refractivity contribution in [2.24, 2.45) is 5.92 Å². The molecule has 2 atom stereocenters. The van der Waals surface area contributed by atoms with E-state index in [1.165, 1.54) is 5.56 Å². The summed E-state index contributed by atoms with van der Waals surface area (Å²) in [5, 5.41) is 2.93. The highest BCUT2D eigenvalue weighted by atomic mass is 16.2. The molecule has 1 aliphatic heterocycles. The highest BCUT2D eigenvalue weighted by Crippen LogP contribution is 2.35. The molecular formula is C17H22N2O2. The van der Waals surface area contributed by atoms with Crippen LogP contribution in [-0.2, 0) is 16.0 Å². The van der Waals surface area contributed by atoms with Crippen molar-refractivity contribution in [2.45, 2.75) is 44.7 Å².